The van der Waals surface area contributed by atoms with Gasteiger partial charge >= 0.3 is 0 Å². The van der Waals surface area contributed by atoms with E-state index in [2.05, 4.69) is 17.1 Å². The van der Waals surface area contributed by atoms with E-state index in [9.17, 15) is 4.79 Å². The molecule has 128 valence electrons. The Hall–Kier alpha value is -2.33. The minimum Gasteiger partial charge on any atom is -0.497 e. The standard InChI is InChI=1S/C21H21NO2S/c1-15-19(12-16-8-10-18(24-2)11-9-16)20(23)13-21(22-15)25-14-17-6-4-3-5-7-17/h3-11H,12-14H2,1-2H3. The van der Waals surface area contributed by atoms with E-state index >= 15 is 0 Å². The van der Waals surface area contributed by atoms with E-state index in [4.69, 9.17) is 4.74 Å². The molecule has 1 aliphatic rings. The fraction of sp³-hybridized carbons (Fsp3) is 0.238. The third kappa shape index (κ3) is 4.60. The van der Waals surface area contributed by atoms with Crippen LogP contribution in [-0.2, 0) is 17.0 Å². The SMILES string of the molecule is COc1ccc(CC2=C(C)N=C(SCc3ccccc3)CC2=O)cc1. The molecule has 0 atom stereocenters. The highest BCUT2D eigenvalue weighted by molar-refractivity contribution is 8.13. The molecule has 0 unspecified atom stereocenters. The van der Waals surface area contributed by atoms with Gasteiger partial charge in [-0.3, -0.25) is 9.79 Å². The molecule has 2 aromatic rings. The Morgan fingerprint density at radius 3 is 2.40 bits per heavy atom. The Bertz CT molecular complexity index is 808. The van der Waals surface area contributed by atoms with Gasteiger partial charge in [-0.05, 0) is 30.2 Å². The quantitative estimate of drug-likeness (QED) is 0.775. The molecule has 2 aromatic carbocycles. The number of Topliss-reactive ketones (excluding diaryl/α,β-unsaturated/α-hetero) is 1. The predicted molar refractivity (Wildman–Crippen MR) is 104 cm³/mol. The summed E-state index contributed by atoms with van der Waals surface area (Å²) in [4.78, 5) is 17.2. The number of hydrogen-bond donors (Lipinski definition) is 0. The van der Waals surface area contributed by atoms with Crippen LogP contribution in [0.4, 0.5) is 0 Å². The molecule has 3 rings (SSSR count). The predicted octanol–water partition coefficient (Wildman–Crippen LogP) is 4.82. The minimum absolute atomic E-state index is 0.180. The van der Waals surface area contributed by atoms with Crippen LogP contribution in [0, 0.1) is 0 Å². The molecule has 4 heteroatoms. The first-order valence-electron chi connectivity index (χ1n) is 8.26. The third-order valence-electron chi connectivity index (χ3n) is 4.17. The maximum Gasteiger partial charge on any atom is 0.167 e. The molecule has 1 heterocycles. The third-order valence-corrected chi connectivity index (χ3v) is 5.21. The van der Waals surface area contributed by atoms with Gasteiger partial charge in [0.25, 0.3) is 0 Å². The van der Waals surface area contributed by atoms with Crippen LogP contribution in [0.5, 0.6) is 5.75 Å². The first-order valence-corrected chi connectivity index (χ1v) is 9.24. The van der Waals surface area contributed by atoms with Crippen LogP contribution in [-0.4, -0.2) is 17.9 Å². The molecule has 0 fully saturated rings. The van der Waals surface area contributed by atoms with Crippen molar-refractivity contribution in [2.24, 2.45) is 4.99 Å². The molecule has 0 spiro atoms. The lowest BCUT2D eigenvalue weighted by Crippen LogP contribution is -2.16. The molecule has 0 amide bonds. The number of allylic oxidation sites excluding steroid dienone is 2. The first-order chi connectivity index (χ1) is 12.2. The number of ether oxygens (including phenoxy) is 1. The molecule has 0 saturated heterocycles. The molecule has 0 N–H and O–H groups in total. The fourth-order valence-corrected chi connectivity index (χ4v) is 3.70. The molecule has 0 saturated carbocycles. The Labute approximate surface area is 152 Å². The number of ketones is 1. The van der Waals surface area contributed by atoms with Gasteiger partial charge in [0.2, 0.25) is 0 Å². The van der Waals surface area contributed by atoms with Crippen molar-refractivity contribution in [1.29, 1.82) is 0 Å². The largest absolute Gasteiger partial charge is 0.497 e. The van der Waals surface area contributed by atoms with Crippen molar-refractivity contribution in [1.82, 2.24) is 0 Å². The van der Waals surface area contributed by atoms with Crippen LogP contribution in [0.25, 0.3) is 0 Å². The zero-order chi connectivity index (χ0) is 17.6. The molecule has 0 bridgehead atoms. The van der Waals surface area contributed by atoms with Crippen molar-refractivity contribution in [2.45, 2.75) is 25.5 Å². The molecule has 0 radical (unpaired) electrons. The van der Waals surface area contributed by atoms with Crippen LogP contribution >= 0.6 is 11.8 Å². The summed E-state index contributed by atoms with van der Waals surface area (Å²) in [5, 5.41) is 0.907. The summed E-state index contributed by atoms with van der Waals surface area (Å²) in [6, 6.07) is 18.1. The summed E-state index contributed by atoms with van der Waals surface area (Å²) in [6.07, 6.45) is 1.02. The van der Waals surface area contributed by atoms with Crippen LogP contribution < -0.4 is 4.74 Å². The van der Waals surface area contributed by atoms with Crippen molar-refractivity contribution in [2.75, 3.05) is 7.11 Å². The molecule has 25 heavy (non-hydrogen) atoms. The average Bonchev–Trinajstić information content (AvgIpc) is 2.64. The van der Waals surface area contributed by atoms with Crippen LogP contribution in [0.3, 0.4) is 0 Å². The van der Waals surface area contributed by atoms with E-state index in [1.165, 1.54) is 5.56 Å². The van der Waals surface area contributed by atoms with E-state index in [0.717, 1.165) is 33.4 Å². The van der Waals surface area contributed by atoms with Gasteiger partial charge in [0.15, 0.2) is 5.78 Å². The number of benzene rings is 2. The highest BCUT2D eigenvalue weighted by atomic mass is 32.2. The zero-order valence-electron chi connectivity index (χ0n) is 14.5. The summed E-state index contributed by atoms with van der Waals surface area (Å²) in [7, 11) is 1.65. The van der Waals surface area contributed by atoms with Crippen LogP contribution in [0.1, 0.15) is 24.5 Å². The number of aliphatic imine (C=N–C) groups is 1. The summed E-state index contributed by atoms with van der Waals surface area (Å²) >= 11 is 1.65. The summed E-state index contributed by atoms with van der Waals surface area (Å²) < 4.78 is 5.18. The van der Waals surface area contributed by atoms with Gasteiger partial charge < -0.3 is 4.74 Å². The highest BCUT2D eigenvalue weighted by Gasteiger charge is 2.21. The lowest BCUT2D eigenvalue weighted by atomic mass is 9.97. The van der Waals surface area contributed by atoms with Gasteiger partial charge in [-0.15, -0.1) is 11.8 Å². The molecular weight excluding hydrogens is 330 g/mol. The zero-order valence-corrected chi connectivity index (χ0v) is 15.3. The van der Waals surface area contributed by atoms with Crippen molar-refractivity contribution < 1.29 is 9.53 Å². The maximum absolute atomic E-state index is 12.6. The molecule has 0 aliphatic carbocycles. The monoisotopic (exact) mass is 351 g/mol. The van der Waals surface area contributed by atoms with E-state index in [-0.39, 0.29) is 5.78 Å². The lowest BCUT2D eigenvalue weighted by Gasteiger charge is -2.16. The molecular formula is C21H21NO2S. The smallest absolute Gasteiger partial charge is 0.167 e. The Kier molecular flexibility index (Phi) is 5.71. The summed E-state index contributed by atoms with van der Waals surface area (Å²) in [5.41, 5.74) is 3.99. The Balaban J connectivity index is 1.69. The van der Waals surface area contributed by atoms with Crippen LogP contribution in [0.15, 0.2) is 70.9 Å². The topological polar surface area (TPSA) is 38.7 Å². The summed E-state index contributed by atoms with van der Waals surface area (Å²) in [6.45, 7) is 1.93. The Morgan fingerprint density at radius 1 is 1.04 bits per heavy atom. The Morgan fingerprint density at radius 2 is 1.76 bits per heavy atom. The average molecular weight is 351 g/mol. The van der Waals surface area contributed by atoms with Crippen molar-refractivity contribution in [3.05, 3.63) is 77.0 Å². The molecule has 1 aliphatic heterocycles. The van der Waals surface area contributed by atoms with E-state index in [1.54, 1.807) is 18.9 Å². The highest BCUT2D eigenvalue weighted by Crippen LogP contribution is 2.26. The number of thioether (sulfide) groups is 1. The molecule has 0 aromatic heterocycles. The number of methoxy groups -OCH3 is 1. The normalized spacial score (nSPS) is 14.5. The van der Waals surface area contributed by atoms with Crippen LogP contribution in [0.2, 0.25) is 0 Å². The maximum atomic E-state index is 12.6. The van der Waals surface area contributed by atoms with Crippen molar-refractivity contribution >= 4 is 22.6 Å². The van der Waals surface area contributed by atoms with Gasteiger partial charge in [-0.1, -0.05) is 42.5 Å². The second kappa shape index (κ2) is 8.17. The van der Waals surface area contributed by atoms with E-state index in [1.807, 2.05) is 49.4 Å². The number of nitrogens with zero attached hydrogens (tertiary/aromatic N) is 1. The number of hydrogen-bond acceptors (Lipinski definition) is 4. The van der Waals surface area contributed by atoms with Gasteiger partial charge in [-0.2, -0.15) is 0 Å². The van der Waals surface area contributed by atoms with Crippen molar-refractivity contribution in [3.63, 3.8) is 0 Å². The second-order valence-electron chi connectivity index (χ2n) is 5.97. The fourth-order valence-electron chi connectivity index (χ4n) is 2.74. The second-order valence-corrected chi connectivity index (χ2v) is 7.02. The lowest BCUT2D eigenvalue weighted by molar-refractivity contribution is -0.114. The number of rotatable bonds is 5. The van der Waals surface area contributed by atoms with Gasteiger partial charge in [0.1, 0.15) is 5.75 Å². The first kappa shape index (κ1) is 17.5. The molecule has 3 nitrogen and oxygen atoms in total. The van der Waals surface area contributed by atoms with Crippen molar-refractivity contribution in [3.8, 4) is 5.75 Å². The van der Waals surface area contributed by atoms with E-state index in [0.29, 0.717) is 12.8 Å². The van der Waals surface area contributed by atoms with Gasteiger partial charge in [0, 0.05) is 23.4 Å². The van der Waals surface area contributed by atoms with E-state index < -0.39 is 0 Å². The number of carbonyl (C=O) groups excluding carboxylic acids is 1. The minimum atomic E-state index is 0.180. The van der Waals surface area contributed by atoms with Gasteiger partial charge in [0.05, 0.1) is 18.6 Å². The summed E-state index contributed by atoms with van der Waals surface area (Å²) in [5.74, 6) is 1.84. The number of carbonyl (C=O) groups is 1. The van der Waals surface area contributed by atoms with Gasteiger partial charge in [-0.25, -0.2) is 0 Å².